The zero-order valence-corrected chi connectivity index (χ0v) is 23.7. The number of aromatic hydroxyl groups is 1. The van der Waals surface area contributed by atoms with Crippen molar-refractivity contribution in [2.75, 3.05) is 44.8 Å². The molecule has 2 aromatic rings. The topological polar surface area (TPSA) is 213 Å². The highest BCUT2D eigenvalue weighted by Gasteiger charge is 2.55. The van der Waals surface area contributed by atoms with Gasteiger partial charge in [-0.3, -0.25) is 19.3 Å². The van der Waals surface area contributed by atoms with Crippen LogP contribution in [0.15, 0.2) is 33.5 Å². The van der Waals surface area contributed by atoms with Gasteiger partial charge < -0.3 is 35.6 Å². The summed E-state index contributed by atoms with van der Waals surface area (Å²) in [4.78, 5) is 63.4. The number of anilines is 1. The number of pyridine rings is 1. The van der Waals surface area contributed by atoms with Gasteiger partial charge in [0.15, 0.2) is 10.9 Å². The Morgan fingerprint density at radius 1 is 1.34 bits per heavy atom. The summed E-state index contributed by atoms with van der Waals surface area (Å²) in [7, 11) is 1.25. The highest BCUT2D eigenvalue weighted by atomic mass is 32.2. The number of nitrogens with two attached hydrogens (primary N) is 1. The molecule has 5 heterocycles. The van der Waals surface area contributed by atoms with Crippen molar-refractivity contribution in [1.82, 2.24) is 24.6 Å². The lowest BCUT2D eigenvalue weighted by molar-refractivity contribution is -0.912. The Labute approximate surface area is 241 Å². The zero-order chi connectivity index (χ0) is 29.3. The smallest absolute Gasteiger partial charge is 0.352 e. The van der Waals surface area contributed by atoms with Crippen molar-refractivity contribution in [2.45, 2.75) is 30.7 Å². The molecule has 15 nitrogen and oxygen atoms in total. The summed E-state index contributed by atoms with van der Waals surface area (Å²) in [5.74, 6) is -2.50. The summed E-state index contributed by atoms with van der Waals surface area (Å²) >= 11 is 2.26. The van der Waals surface area contributed by atoms with E-state index in [1.165, 1.54) is 36.0 Å². The van der Waals surface area contributed by atoms with Crippen LogP contribution >= 0.6 is 23.3 Å². The lowest BCUT2D eigenvalue weighted by Crippen LogP contribution is -2.71. The minimum absolute atomic E-state index is 0.0452. The largest absolute Gasteiger partial charge is 0.503 e. The van der Waals surface area contributed by atoms with Crippen LogP contribution in [-0.4, -0.2) is 108 Å². The maximum Gasteiger partial charge on any atom is 0.352 e. The number of nitrogens with zero attached hydrogens (tertiary/aromatic N) is 5. The molecule has 0 unspecified atom stereocenters. The molecular weight excluding hydrogens is 576 g/mol. The minimum atomic E-state index is -1.20. The van der Waals surface area contributed by atoms with Crippen molar-refractivity contribution < 1.29 is 33.9 Å². The van der Waals surface area contributed by atoms with Crippen LogP contribution in [0.1, 0.15) is 24.4 Å². The van der Waals surface area contributed by atoms with Crippen LogP contribution in [0.3, 0.4) is 0 Å². The molecule has 3 aliphatic heterocycles. The first-order chi connectivity index (χ1) is 19.6. The molecule has 2 atom stereocenters. The molecule has 2 saturated heterocycles. The van der Waals surface area contributed by atoms with Gasteiger partial charge in [0.1, 0.15) is 30.8 Å². The SMILES string of the molecule is CON=C(C(=O)N[C@@H]1C(=O)N2C(C(=O)O)=C(C[N+]3(CCc4cc(=O)c(O)c[nH]4)CCCC3)CS[C@@H]12)c1nsc(N)n1. The fourth-order valence-corrected chi connectivity index (χ4v) is 7.27. The van der Waals surface area contributed by atoms with Gasteiger partial charge in [0.05, 0.1) is 19.6 Å². The van der Waals surface area contributed by atoms with Crippen LogP contribution in [0.25, 0.3) is 0 Å². The van der Waals surface area contributed by atoms with E-state index in [1.807, 2.05) is 0 Å². The Bertz CT molecular complexity index is 1500. The number of H-pyrrole nitrogens is 1. The first-order valence-electron chi connectivity index (χ1n) is 12.8. The predicted octanol–water partition coefficient (Wildman–Crippen LogP) is -0.543. The zero-order valence-electron chi connectivity index (χ0n) is 22.0. The molecule has 2 amide bonds. The van der Waals surface area contributed by atoms with Crippen LogP contribution in [-0.2, 0) is 25.6 Å². The van der Waals surface area contributed by atoms with Crippen LogP contribution in [0.5, 0.6) is 5.75 Å². The average Bonchev–Trinajstić information content (AvgIpc) is 3.59. The second kappa shape index (κ2) is 11.5. The van der Waals surface area contributed by atoms with Crippen molar-refractivity contribution in [3.63, 3.8) is 0 Å². The van der Waals surface area contributed by atoms with E-state index in [9.17, 15) is 29.4 Å². The lowest BCUT2D eigenvalue weighted by Gasteiger charge is -2.50. The molecule has 0 radical (unpaired) electrons. The Morgan fingerprint density at radius 2 is 2.10 bits per heavy atom. The molecule has 6 N–H and O–H groups in total. The fourth-order valence-electron chi connectivity index (χ4n) is 5.50. The van der Waals surface area contributed by atoms with Crippen LogP contribution in [0.2, 0.25) is 0 Å². The molecule has 5 rings (SSSR count). The van der Waals surface area contributed by atoms with Crippen LogP contribution in [0.4, 0.5) is 5.13 Å². The highest BCUT2D eigenvalue weighted by Crippen LogP contribution is 2.41. The molecule has 0 aliphatic carbocycles. The number of thioether (sulfide) groups is 1. The van der Waals surface area contributed by atoms with E-state index in [1.54, 1.807) is 0 Å². The standard InChI is InChI=1S/C24H28N8O7S2/c1-39-29-16(19-28-24(25)41-30-19)20(35)27-17-21(36)31-18(23(37)38)12(11-40-22(17)31)10-32(5-2-3-6-32)7-4-13-8-14(33)15(34)9-26-13/h8-9,17,22H,2-7,10-11H2,1H3,(H5-,25,26,27,28,29,30,33,34,35,37,38)/p+1/t17-,22+/m1/s1. The van der Waals surface area contributed by atoms with Gasteiger partial charge in [-0.05, 0) is 0 Å². The van der Waals surface area contributed by atoms with E-state index >= 15 is 0 Å². The number of carboxylic acid groups (broad SMARTS) is 1. The van der Waals surface area contributed by atoms with Crippen LogP contribution < -0.4 is 16.5 Å². The maximum atomic E-state index is 13.2. The van der Waals surface area contributed by atoms with Gasteiger partial charge in [-0.2, -0.15) is 9.36 Å². The van der Waals surface area contributed by atoms with E-state index in [2.05, 4.69) is 24.8 Å². The fraction of sp³-hybridized carbons (Fsp3) is 0.458. The Kier molecular flexibility index (Phi) is 8.01. The number of aromatic amines is 1. The first-order valence-corrected chi connectivity index (χ1v) is 14.6. The van der Waals surface area contributed by atoms with E-state index < -0.39 is 34.6 Å². The van der Waals surface area contributed by atoms with Gasteiger partial charge >= 0.3 is 5.97 Å². The number of amides is 2. The number of carbonyl (C=O) groups is 3. The molecule has 218 valence electrons. The van der Waals surface area contributed by atoms with Gasteiger partial charge in [-0.25, -0.2) is 4.79 Å². The van der Waals surface area contributed by atoms with Crippen molar-refractivity contribution >= 4 is 51.9 Å². The molecule has 0 aromatic carbocycles. The summed E-state index contributed by atoms with van der Waals surface area (Å²) in [6.07, 6.45) is 3.79. The summed E-state index contributed by atoms with van der Waals surface area (Å²) < 4.78 is 4.60. The number of quaternary nitrogens is 1. The van der Waals surface area contributed by atoms with Crippen molar-refractivity contribution in [3.05, 3.63) is 45.3 Å². The number of nitrogen functional groups attached to an aromatic ring is 1. The molecule has 2 fully saturated rings. The van der Waals surface area contributed by atoms with Gasteiger partial charge in [-0.15, -0.1) is 11.8 Å². The third-order valence-corrected chi connectivity index (χ3v) is 9.32. The Morgan fingerprint density at radius 3 is 2.73 bits per heavy atom. The van der Waals surface area contributed by atoms with Crippen LogP contribution in [0, 0.1) is 0 Å². The summed E-state index contributed by atoms with van der Waals surface area (Å²) in [5, 5.41) is 25.5. The monoisotopic (exact) mass is 605 g/mol. The minimum Gasteiger partial charge on any atom is -0.503 e. The molecule has 0 spiro atoms. The second-order valence-electron chi connectivity index (χ2n) is 10.0. The number of aromatic nitrogens is 3. The van der Waals surface area contributed by atoms with Crippen molar-refractivity contribution in [2.24, 2.45) is 5.16 Å². The highest BCUT2D eigenvalue weighted by molar-refractivity contribution is 8.00. The molecule has 2 aromatic heterocycles. The number of rotatable bonds is 10. The predicted molar refractivity (Wildman–Crippen MR) is 149 cm³/mol. The lowest BCUT2D eigenvalue weighted by atomic mass is 10.0. The number of fused-ring (bicyclic) bond motifs is 1. The quantitative estimate of drug-likeness (QED) is 0.100. The molecule has 0 saturated carbocycles. The van der Waals surface area contributed by atoms with E-state index in [0.29, 0.717) is 41.0 Å². The van der Waals surface area contributed by atoms with E-state index in [0.717, 1.165) is 37.5 Å². The molecule has 41 heavy (non-hydrogen) atoms. The number of carbonyl (C=O) groups excluding carboxylic acids is 2. The third-order valence-electron chi connectivity index (χ3n) is 7.44. The van der Waals surface area contributed by atoms with E-state index in [4.69, 9.17) is 10.6 Å². The number of oxime groups is 1. The molecule has 0 bridgehead atoms. The van der Waals surface area contributed by atoms with Crippen molar-refractivity contribution in [1.29, 1.82) is 0 Å². The summed E-state index contributed by atoms with van der Waals surface area (Å²) in [6, 6.07) is 0.406. The normalized spacial score (nSPS) is 21.8. The van der Waals surface area contributed by atoms with Crippen molar-refractivity contribution in [3.8, 4) is 5.75 Å². The number of hydrogen-bond acceptors (Lipinski definition) is 12. The summed E-state index contributed by atoms with van der Waals surface area (Å²) in [6.45, 7) is 2.80. The Balaban J connectivity index is 1.32. The van der Waals surface area contributed by atoms with Gasteiger partial charge in [-0.1, -0.05) is 5.16 Å². The number of β-lactam (4-membered cyclic amide) rings is 1. The average molecular weight is 606 g/mol. The molecule has 3 aliphatic rings. The maximum absolute atomic E-state index is 13.2. The second-order valence-corrected chi connectivity index (χ2v) is 11.9. The number of nitrogens with one attached hydrogen (secondary N) is 2. The third kappa shape index (κ3) is 5.64. The molecule has 17 heteroatoms. The number of likely N-dealkylation sites (tertiary alicyclic amines) is 1. The number of aliphatic carboxylic acids is 1. The number of carboxylic acids is 1. The Hall–Kier alpha value is -3.96. The molecular formula is C24H29N8O7S2+. The van der Waals surface area contributed by atoms with Gasteiger partial charge in [0.2, 0.25) is 17.0 Å². The summed E-state index contributed by atoms with van der Waals surface area (Å²) in [5.41, 5.74) is 6.20. The first kappa shape index (κ1) is 28.6. The van der Waals surface area contributed by atoms with Gasteiger partial charge in [0.25, 0.3) is 11.8 Å². The number of hydrogen-bond donors (Lipinski definition) is 5. The van der Waals surface area contributed by atoms with E-state index in [-0.39, 0.29) is 28.1 Å². The van der Waals surface area contributed by atoms with Gasteiger partial charge in [0, 0.05) is 60.1 Å².